The maximum Gasteiger partial charge on any atom is 0.322 e. The maximum absolute atomic E-state index is 14.0. The highest BCUT2D eigenvalue weighted by Gasteiger charge is 2.47. The Kier molecular flexibility index (Phi) is 6.33. The van der Waals surface area contributed by atoms with E-state index in [1.165, 1.54) is 0 Å². The average Bonchev–Trinajstić information content (AvgIpc) is 3.52. The first-order valence-electron chi connectivity index (χ1n) is 12.0. The predicted molar refractivity (Wildman–Crippen MR) is 133 cm³/mol. The number of amides is 4. The number of hydrogen-bond donors (Lipinski definition) is 2. The number of furan rings is 1. The van der Waals surface area contributed by atoms with E-state index in [4.69, 9.17) is 4.42 Å². The molecule has 0 spiro atoms. The van der Waals surface area contributed by atoms with E-state index in [0.29, 0.717) is 29.1 Å². The zero-order valence-electron chi connectivity index (χ0n) is 20.2. The number of carbonyl (C=O) groups is 3. The van der Waals surface area contributed by atoms with Crippen LogP contribution in [0.25, 0.3) is 0 Å². The Hall–Kier alpha value is -4.33. The molecule has 1 aromatic heterocycles. The van der Waals surface area contributed by atoms with Crippen LogP contribution in [0.2, 0.25) is 0 Å². The van der Waals surface area contributed by atoms with Crippen molar-refractivity contribution in [2.24, 2.45) is 0 Å². The van der Waals surface area contributed by atoms with Crippen molar-refractivity contribution in [3.63, 3.8) is 0 Å². The van der Waals surface area contributed by atoms with Crippen LogP contribution in [0, 0.1) is 6.92 Å². The van der Waals surface area contributed by atoms with Crippen molar-refractivity contribution >= 4 is 17.8 Å². The molecule has 3 aromatic rings. The molecule has 0 radical (unpaired) electrons. The van der Waals surface area contributed by atoms with Crippen LogP contribution in [0.1, 0.15) is 41.5 Å². The van der Waals surface area contributed by atoms with Gasteiger partial charge in [-0.3, -0.25) is 14.5 Å². The number of urea groups is 1. The quantitative estimate of drug-likeness (QED) is 0.533. The highest BCUT2D eigenvalue weighted by Crippen LogP contribution is 2.39. The van der Waals surface area contributed by atoms with Crippen LogP contribution in [0.5, 0.6) is 0 Å². The number of carbonyl (C=O) groups excluding carboxylic acids is 3. The van der Waals surface area contributed by atoms with Crippen LogP contribution in [0.3, 0.4) is 0 Å². The van der Waals surface area contributed by atoms with Crippen molar-refractivity contribution in [1.82, 2.24) is 20.4 Å². The smallest absolute Gasteiger partial charge is 0.322 e. The maximum atomic E-state index is 14.0. The minimum absolute atomic E-state index is 0.158. The van der Waals surface area contributed by atoms with Gasteiger partial charge in [-0.25, -0.2) is 4.79 Å². The van der Waals surface area contributed by atoms with Crippen molar-refractivity contribution in [2.45, 2.75) is 32.5 Å². The SMILES string of the molecule is CCN1C(=O)N[C@@H](c2ccc(C)cc2)C2=C1CN([C@@H](C(=O)NCc1ccco1)c1ccccc1)C2=O. The van der Waals surface area contributed by atoms with Crippen molar-refractivity contribution in [3.05, 3.63) is 107 Å². The van der Waals surface area contributed by atoms with E-state index in [2.05, 4.69) is 10.6 Å². The minimum Gasteiger partial charge on any atom is -0.467 e. The van der Waals surface area contributed by atoms with Crippen LogP contribution in [-0.4, -0.2) is 40.7 Å². The highest BCUT2D eigenvalue weighted by molar-refractivity contribution is 6.03. The lowest BCUT2D eigenvalue weighted by Crippen LogP contribution is -2.47. The molecule has 0 unspecified atom stereocenters. The molecule has 8 nitrogen and oxygen atoms in total. The second-order valence-corrected chi connectivity index (χ2v) is 8.94. The molecule has 0 aliphatic carbocycles. The van der Waals surface area contributed by atoms with Crippen LogP contribution < -0.4 is 10.6 Å². The molecule has 0 bridgehead atoms. The number of benzene rings is 2. The molecule has 2 aliphatic heterocycles. The van der Waals surface area contributed by atoms with Gasteiger partial charge in [0.05, 0.1) is 36.7 Å². The van der Waals surface area contributed by atoms with E-state index in [1.807, 2.05) is 68.4 Å². The molecule has 8 heteroatoms. The molecule has 36 heavy (non-hydrogen) atoms. The zero-order valence-corrected chi connectivity index (χ0v) is 20.2. The van der Waals surface area contributed by atoms with Crippen LogP contribution >= 0.6 is 0 Å². The summed E-state index contributed by atoms with van der Waals surface area (Å²) in [5.41, 5.74) is 3.74. The van der Waals surface area contributed by atoms with E-state index in [1.54, 1.807) is 28.2 Å². The lowest BCUT2D eigenvalue weighted by atomic mass is 9.95. The molecule has 3 heterocycles. The third-order valence-corrected chi connectivity index (χ3v) is 6.67. The molecule has 4 amide bonds. The Bertz CT molecular complexity index is 1300. The Labute approximate surface area is 209 Å². The molecule has 0 saturated heterocycles. The summed E-state index contributed by atoms with van der Waals surface area (Å²) in [7, 11) is 0. The number of likely N-dealkylation sites (N-methyl/N-ethyl adjacent to an activating group) is 1. The standard InChI is InChI=1S/C28H28N4O4/c1-3-31-22-17-32(27(34)23(22)24(30-28(31)35)19-13-11-18(2)12-14-19)25(20-8-5-4-6-9-20)26(33)29-16-21-10-7-15-36-21/h4-15,24-25H,3,16-17H2,1-2H3,(H,29,33)(H,30,35)/t24-,25+/m0/s1. The lowest BCUT2D eigenvalue weighted by Gasteiger charge is -2.33. The van der Waals surface area contributed by atoms with Gasteiger partial charge in [0.15, 0.2) is 0 Å². The third-order valence-electron chi connectivity index (χ3n) is 6.67. The van der Waals surface area contributed by atoms with Crippen molar-refractivity contribution in [3.8, 4) is 0 Å². The Morgan fingerprint density at radius 3 is 2.50 bits per heavy atom. The van der Waals surface area contributed by atoms with E-state index in [0.717, 1.165) is 11.1 Å². The second kappa shape index (κ2) is 9.73. The number of nitrogens with zero attached hydrogens (tertiary/aromatic N) is 2. The van der Waals surface area contributed by atoms with Gasteiger partial charge in [-0.05, 0) is 37.1 Å². The van der Waals surface area contributed by atoms with E-state index in [9.17, 15) is 14.4 Å². The fourth-order valence-corrected chi connectivity index (χ4v) is 4.86. The fourth-order valence-electron chi connectivity index (χ4n) is 4.86. The predicted octanol–water partition coefficient (Wildman–Crippen LogP) is 3.83. The van der Waals surface area contributed by atoms with Crippen molar-refractivity contribution in [1.29, 1.82) is 0 Å². The van der Waals surface area contributed by atoms with Gasteiger partial charge >= 0.3 is 6.03 Å². The fraction of sp³-hybridized carbons (Fsp3) is 0.250. The summed E-state index contributed by atoms with van der Waals surface area (Å²) >= 11 is 0. The van der Waals surface area contributed by atoms with Gasteiger partial charge in [0, 0.05) is 6.54 Å². The molecule has 2 N–H and O–H groups in total. The monoisotopic (exact) mass is 484 g/mol. The molecule has 2 aliphatic rings. The van der Waals surface area contributed by atoms with Crippen LogP contribution in [-0.2, 0) is 16.1 Å². The summed E-state index contributed by atoms with van der Waals surface area (Å²) in [6.45, 7) is 4.63. The van der Waals surface area contributed by atoms with Gasteiger partial charge < -0.3 is 20.0 Å². The first-order chi connectivity index (χ1) is 17.5. The van der Waals surface area contributed by atoms with E-state index < -0.39 is 12.1 Å². The number of nitrogens with one attached hydrogen (secondary N) is 2. The van der Waals surface area contributed by atoms with Gasteiger partial charge in [0.25, 0.3) is 5.91 Å². The minimum atomic E-state index is -0.869. The van der Waals surface area contributed by atoms with Crippen LogP contribution in [0.15, 0.2) is 88.7 Å². The zero-order chi connectivity index (χ0) is 25.2. The van der Waals surface area contributed by atoms with Crippen molar-refractivity contribution in [2.75, 3.05) is 13.1 Å². The Balaban J connectivity index is 1.51. The molecule has 0 saturated carbocycles. The number of aryl methyl sites for hydroxylation is 1. The summed E-state index contributed by atoms with van der Waals surface area (Å²) in [5.74, 6) is 0.0303. The lowest BCUT2D eigenvalue weighted by molar-refractivity contribution is -0.136. The first-order valence-corrected chi connectivity index (χ1v) is 12.0. The highest BCUT2D eigenvalue weighted by atomic mass is 16.3. The molecule has 0 fully saturated rings. The molecule has 5 rings (SSSR count). The average molecular weight is 485 g/mol. The van der Waals surface area contributed by atoms with Gasteiger partial charge in [-0.15, -0.1) is 0 Å². The second-order valence-electron chi connectivity index (χ2n) is 8.94. The third kappa shape index (κ3) is 4.26. The van der Waals surface area contributed by atoms with Crippen molar-refractivity contribution < 1.29 is 18.8 Å². The van der Waals surface area contributed by atoms with Crippen LogP contribution in [0.4, 0.5) is 4.79 Å². The molecule has 2 aromatic carbocycles. The summed E-state index contributed by atoms with van der Waals surface area (Å²) in [6.07, 6.45) is 1.55. The molecule has 184 valence electrons. The summed E-state index contributed by atoms with van der Waals surface area (Å²) in [5, 5.41) is 5.90. The Morgan fingerprint density at radius 2 is 1.83 bits per heavy atom. The van der Waals surface area contributed by atoms with Gasteiger partial charge in [0.2, 0.25) is 5.91 Å². The normalized spacial score (nSPS) is 18.2. The first kappa shape index (κ1) is 23.4. The van der Waals surface area contributed by atoms with Gasteiger partial charge in [-0.1, -0.05) is 60.2 Å². The van der Waals surface area contributed by atoms with Gasteiger partial charge in [-0.2, -0.15) is 0 Å². The molecule has 2 atom stereocenters. The van der Waals surface area contributed by atoms with E-state index in [-0.39, 0.29) is 30.9 Å². The number of hydrogen-bond acceptors (Lipinski definition) is 4. The topological polar surface area (TPSA) is 94.9 Å². The number of rotatable bonds is 7. The summed E-state index contributed by atoms with van der Waals surface area (Å²) in [6, 6.07) is 18.8. The largest absolute Gasteiger partial charge is 0.467 e. The molecular weight excluding hydrogens is 456 g/mol. The molecular formula is C28H28N4O4. The van der Waals surface area contributed by atoms with E-state index >= 15 is 0 Å². The van der Waals surface area contributed by atoms with Gasteiger partial charge in [0.1, 0.15) is 11.8 Å². The summed E-state index contributed by atoms with van der Waals surface area (Å²) in [4.78, 5) is 43.7. The summed E-state index contributed by atoms with van der Waals surface area (Å²) < 4.78 is 5.35. The Morgan fingerprint density at radius 1 is 1.08 bits per heavy atom.